The molecule has 28 heavy (non-hydrogen) atoms. The molecule has 7 nitrogen and oxygen atoms in total. The van der Waals surface area contributed by atoms with Crippen molar-refractivity contribution in [3.8, 4) is 5.75 Å². The van der Waals surface area contributed by atoms with Crippen LogP contribution < -0.4 is 9.46 Å². The van der Waals surface area contributed by atoms with Crippen LogP contribution in [0.2, 0.25) is 0 Å². The monoisotopic (exact) mass is 406 g/mol. The van der Waals surface area contributed by atoms with Gasteiger partial charge in [-0.1, -0.05) is 18.2 Å². The smallest absolute Gasteiger partial charge is 0.253 e. The Bertz CT molecular complexity index is 839. The first-order valence-corrected chi connectivity index (χ1v) is 10.4. The van der Waals surface area contributed by atoms with Crippen LogP contribution in [0.15, 0.2) is 59.5 Å². The fraction of sp³-hybridized carbons (Fsp3) is 0.350. The molecule has 8 heteroatoms. The lowest BCUT2D eigenvalue weighted by Gasteiger charge is -2.17. The average molecular weight is 407 g/mol. The Morgan fingerprint density at radius 3 is 2.36 bits per heavy atom. The van der Waals surface area contributed by atoms with E-state index in [0.717, 1.165) is 5.75 Å². The third kappa shape index (κ3) is 6.63. The molecule has 2 aromatic carbocycles. The fourth-order valence-corrected chi connectivity index (χ4v) is 3.48. The highest BCUT2D eigenvalue weighted by molar-refractivity contribution is 7.89. The van der Waals surface area contributed by atoms with Crippen molar-refractivity contribution in [2.75, 3.05) is 40.5 Å². The van der Waals surface area contributed by atoms with Gasteiger partial charge in [0.25, 0.3) is 5.91 Å². The maximum Gasteiger partial charge on any atom is 0.253 e. The standard InChI is InChI=1S/C20H26N2O5S/c1-22(14-6-15-27-18-7-4-3-5-8-18)20(23)17-9-11-19(12-10-17)28(24,25)21-13-16-26-2/h3-5,7-12,21H,6,13-16H2,1-2H3. The predicted molar refractivity (Wildman–Crippen MR) is 107 cm³/mol. The highest BCUT2D eigenvalue weighted by atomic mass is 32.2. The van der Waals surface area contributed by atoms with Crippen LogP contribution in [-0.4, -0.2) is 59.7 Å². The van der Waals surface area contributed by atoms with Crippen LogP contribution in [0.25, 0.3) is 0 Å². The zero-order chi connectivity index (χ0) is 20.4. The van der Waals surface area contributed by atoms with Gasteiger partial charge in [-0.05, 0) is 42.8 Å². The zero-order valence-corrected chi connectivity index (χ0v) is 16.9. The molecule has 0 bridgehead atoms. The van der Waals surface area contributed by atoms with Crippen LogP contribution in [0.4, 0.5) is 0 Å². The molecule has 0 aliphatic rings. The summed E-state index contributed by atoms with van der Waals surface area (Å²) < 4.78 is 37.2. The quantitative estimate of drug-likeness (QED) is 0.578. The van der Waals surface area contributed by atoms with Crippen LogP contribution >= 0.6 is 0 Å². The first-order chi connectivity index (χ1) is 13.4. The summed E-state index contributed by atoms with van der Waals surface area (Å²) in [5.41, 5.74) is 0.433. The zero-order valence-electron chi connectivity index (χ0n) is 16.1. The number of benzene rings is 2. The molecule has 0 saturated heterocycles. The molecule has 2 rings (SSSR count). The van der Waals surface area contributed by atoms with Crippen molar-refractivity contribution >= 4 is 15.9 Å². The van der Waals surface area contributed by atoms with E-state index in [9.17, 15) is 13.2 Å². The molecule has 152 valence electrons. The van der Waals surface area contributed by atoms with Gasteiger partial charge in [0.1, 0.15) is 5.75 Å². The topological polar surface area (TPSA) is 84.9 Å². The number of ether oxygens (including phenoxy) is 2. The van der Waals surface area contributed by atoms with E-state index in [1.807, 2.05) is 30.3 Å². The number of hydrogen-bond donors (Lipinski definition) is 1. The summed E-state index contributed by atoms with van der Waals surface area (Å²) in [6, 6.07) is 15.4. The largest absolute Gasteiger partial charge is 0.494 e. The maximum absolute atomic E-state index is 12.5. The second-order valence-corrected chi connectivity index (χ2v) is 7.92. The number of nitrogens with zero attached hydrogens (tertiary/aromatic N) is 1. The Balaban J connectivity index is 1.84. The number of methoxy groups -OCH3 is 1. The second kappa shape index (κ2) is 10.8. The number of carbonyl (C=O) groups excluding carboxylic acids is 1. The van der Waals surface area contributed by atoms with Gasteiger partial charge < -0.3 is 14.4 Å². The van der Waals surface area contributed by atoms with Crippen LogP contribution in [0.3, 0.4) is 0 Å². The number of hydrogen-bond acceptors (Lipinski definition) is 5. The van der Waals surface area contributed by atoms with Crippen LogP contribution in [0.1, 0.15) is 16.8 Å². The molecule has 1 amide bonds. The molecular weight excluding hydrogens is 380 g/mol. The minimum absolute atomic E-state index is 0.110. The van der Waals surface area contributed by atoms with Crippen molar-refractivity contribution in [3.63, 3.8) is 0 Å². The third-order valence-corrected chi connectivity index (χ3v) is 5.48. The summed E-state index contributed by atoms with van der Waals surface area (Å²) in [4.78, 5) is 14.2. The van der Waals surface area contributed by atoms with Crippen LogP contribution in [0.5, 0.6) is 5.75 Å². The number of carbonyl (C=O) groups is 1. The van der Waals surface area contributed by atoms with E-state index >= 15 is 0 Å². The van der Waals surface area contributed by atoms with Crippen molar-refractivity contribution in [1.29, 1.82) is 0 Å². The summed E-state index contributed by atoms with van der Waals surface area (Å²) in [6.45, 7) is 1.51. The molecule has 0 radical (unpaired) electrons. The van der Waals surface area contributed by atoms with E-state index < -0.39 is 10.0 Å². The van der Waals surface area contributed by atoms with Gasteiger partial charge in [0.05, 0.1) is 18.1 Å². The average Bonchev–Trinajstić information content (AvgIpc) is 2.71. The second-order valence-electron chi connectivity index (χ2n) is 6.16. The van der Waals surface area contributed by atoms with Gasteiger partial charge in [-0.2, -0.15) is 0 Å². The van der Waals surface area contributed by atoms with Crippen molar-refractivity contribution in [3.05, 3.63) is 60.2 Å². The molecular formula is C20H26N2O5S. The lowest BCUT2D eigenvalue weighted by atomic mass is 10.2. The van der Waals surface area contributed by atoms with Crippen molar-refractivity contribution in [2.45, 2.75) is 11.3 Å². The Morgan fingerprint density at radius 2 is 1.71 bits per heavy atom. The molecule has 0 spiro atoms. The summed E-state index contributed by atoms with van der Waals surface area (Å²) >= 11 is 0. The molecule has 0 heterocycles. The minimum Gasteiger partial charge on any atom is -0.494 e. The molecule has 0 atom stereocenters. The molecule has 0 aliphatic heterocycles. The first-order valence-electron chi connectivity index (χ1n) is 8.96. The Kier molecular flexibility index (Phi) is 8.43. The molecule has 0 saturated carbocycles. The number of nitrogens with one attached hydrogen (secondary N) is 1. The number of para-hydroxylation sites is 1. The Hall–Kier alpha value is -2.42. The number of amides is 1. The summed E-state index contributed by atoms with van der Waals surface area (Å²) in [6.07, 6.45) is 0.688. The highest BCUT2D eigenvalue weighted by Crippen LogP contribution is 2.12. The first kappa shape index (κ1) is 21.9. The lowest BCUT2D eigenvalue weighted by molar-refractivity contribution is 0.0787. The van der Waals surface area contributed by atoms with Crippen molar-refractivity contribution in [1.82, 2.24) is 9.62 Å². The summed E-state index contributed by atoms with van der Waals surface area (Å²) in [7, 11) is -0.401. The number of sulfonamides is 1. The SMILES string of the molecule is COCCNS(=O)(=O)c1ccc(C(=O)N(C)CCCOc2ccccc2)cc1. The summed E-state index contributed by atoms with van der Waals surface area (Å²) in [5, 5.41) is 0. The van der Waals surface area contributed by atoms with Gasteiger partial charge in [-0.25, -0.2) is 13.1 Å². The van der Waals surface area contributed by atoms with Gasteiger partial charge in [-0.3, -0.25) is 4.79 Å². The third-order valence-electron chi connectivity index (χ3n) is 4.01. The molecule has 0 aromatic heterocycles. The van der Waals surface area contributed by atoms with E-state index in [4.69, 9.17) is 9.47 Å². The minimum atomic E-state index is -3.61. The number of rotatable bonds is 11. The van der Waals surface area contributed by atoms with E-state index in [1.54, 1.807) is 11.9 Å². The molecule has 1 N–H and O–H groups in total. The molecule has 0 unspecified atom stereocenters. The van der Waals surface area contributed by atoms with Gasteiger partial charge in [-0.15, -0.1) is 0 Å². The highest BCUT2D eigenvalue weighted by Gasteiger charge is 2.16. The van der Waals surface area contributed by atoms with E-state index in [2.05, 4.69) is 4.72 Å². The summed E-state index contributed by atoms with van der Waals surface area (Å²) in [5.74, 6) is 0.628. The molecule has 0 fully saturated rings. The van der Waals surface area contributed by atoms with Gasteiger partial charge in [0, 0.05) is 32.8 Å². The van der Waals surface area contributed by atoms with Crippen LogP contribution in [-0.2, 0) is 14.8 Å². The van der Waals surface area contributed by atoms with E-state index in [-0.39, 0.29) is 24.0 Å². The van der Waals surface area contributed by atoms with Crippen molar-refractivity contribution < 1.29 is 22.7 Å². The molecule has 2 aromatic rings. The van der Waals surface area contributed by atoms with Crippen molar-refractivity contribution in [2.24, 2.45) is 0 Å². The predicted octanol–water partition coefficient (Wildman–Crippen LogP) is 2.15. The normalized spacial score (nSPS) is 11.2. The maximum atomic E-state index is 12.5. The molecule has 0 aliphatic carbocycles. The lowest BCUT2D eigenvalue weighted by Crippen LogP contribution is -2.29. The van der Waals surface area contributed by atoms with E-state index in [0.29, 0.717) is 25.1 Å². The Morgan fingerprint density at radius 1 is 1.04 bits per heavy atom. The van der Waals surface area contributed by atoms with Gasteiger partial charge in [0.2, 0.25) is 10.0 Å². The fourth-order valence-electron chi connectivity index (χ4n) is 2.47. The van der Waals surface area contributed by atoms with Crippen LogP contribution in [0, 0.1) is 0 Å². The Labute approximate surface area is 166 Å². The van der Waals surface area contributed by atoms with Gasteiger partial charge in [0.15, 0.2) is 0 Å². The van der Waals surface area contributed by atoms with E-state index in [1.165, 1.54) is 31.4 Å². The van der Waals surface area contributed by atoms with Gasteiger partial charge >= 0.3 is 0 Å².